The molecule has 0 heterocycles. The molecule has 1 aromatic carbocycles. The minimum absolute atomic E-state index is 0.260. The number of carbonyl (C=O) groups is 1. The highest BCUT2D eigenvalue weighted by Crippen LogP contribution is 2.17. The third kappa shape index (κ3) is 2.87. The SMILES string of the molecule is COC(=O)C(C)Nc1ccccc1I. The summed E-state index contributed by atoms with van der Waals surface area (Å²) in [5.74, 6) is -0.260. The molecule has 3 nitrogen and oxygen atoms in total. The number of benzene rings is 1. The van der Waals surface area contributed by atoms with Crippen LogP contribution in [0.2, 0.25) is 0 Å². The summed E-state index contributed by atoms with van der Waals surface area (Å²) in [5, 5.41) is 3.08. The average Bonchev–Trinajstić information content (AvgIpc) is 2.20. The molecule has 0 fully saturated rings. The average molecular weight is 305 g/mol. The molecule has 0 aliphatic rings. The van der Waals surface area contributed by atoms with Crippen molar-refractivity contribution in [3.63, 3.8) is 0 Å². The molecular weight excluding hydrogens is 293 g/mol. The molecule has 1 aromatic rings. The summed E-state index contributed by atoms with van der Waals surface area (Å²) >= 11 is 2.21. The Morgan fingerprint density at radius 3 is 2.71 bits per heavy atom. The molecule has 0 saturated carbocycles. The zero-order valence-corrected chi connectivity index (χ0v) is 10.2. The number of rotatable bonds is 3. The second-order valence-electron chi connectivity index (χ2n) is 2.87. The summed E-state index contributed by atoms with van der Waals surface area (Å²) in [6, 6.07) is 7.47. The van der Waals surface area contributed by atoms with E-state index in [2.05, 4.69) is 32.6 Å². The molecule has 0 saturated heterocycles. The standard InChI is InChI=1S/C10H12INO2/c1-7(10(13)14-2)12-9-6-4-3-5-8(9)11/h3-7,12H,1-2H3. The van der Waals surface area contributed by atoms with Crippen LogP contribution in [0, 0.1) is 3.57 Å². The van der Waals surface area contributed by atoms with Gasteiger partial charge in [0, 0.05) is 9.26 Å². The van der Waals surface area contributed by atoms with E-state index in [0.29, 0.717) is 0 Å². The molecule has 0 aliphatic heterocycles. The number of nitrogens with one attached hydrogen (secondary N) is 1. The van der Waals surface area contributed by atoms with Crippen LogP contribution in [0.15, 0.2) is 24.3 Å². The van der Waals surface area contributed by atoms with Gasteiger partial charge in [0.1, 0.15) is 6.04 Å². The number of halogens is 1. The molecule has 1 atom stereocenters. The maximum absolute atomic E-state index is 11.1. The fourth-order valence-corrected chi connectivity index (χ4v) is 1.59. The van der Waals surface area contributed by atoms with Crippen LogP contribution < -0.4 is 5.32 Å². The molecular formula is C10H12INO2. The van der Waals surface area contributed by atoms with Crippen molar-refractivity contribution >= 4 is 34.2 Å². The monoisotopic (exact) mass is 305 g/mol. The normalized spacial score (nSPS) is 11.9. The third-order valence-electron chi connectivity index (χ3n) is 1.80. The van der Waals surface area contributed by atoms with Crippen LogP contribution in [0.3, 0.4) is 0 Å². The summed E-state index contributed by atoms with van der Waals surface area (Å²) in [5.41, 5.74) is 0.950. The van der Waals surface area contributed by atoms with Gasteiger partial charge in [0.15, 0.2) is 0 Å². The molecule has 0 aliphatic carbocycles. The predicted molar refractivity (Wildman–Crippen MR) is 64.3 cm³/mol. The van der Waals surface area contributed by atoms with E-state index in [1.54, 1.807) is 6.92 Å². The fourth-order valence-electron chi connectivity index (χ4n) is 1.05. The van der Waals surface area contributed by atoms with Gasteiger partial charge in [-0.25, -0.2) is 4.79 Å². The van der Waals surface area contributed by atoms with E-state index in [1.165, 1.54) is 7.11 Å². The summed E-state index contributed by atoms with van der Waals surface area (Å²) in [7, 11) is 1.39. The molecule has 0 bridgehead atoms. The van der Waals surface area contributed by atoms with Crippen molar-refractivity contribution in [3.8, 4) is 0 Å². The van der Waals surface area contributed by atoms with Gasteiger partial charge in [-0.3, -0.25) is 0 Å². The summed E-state index contributed by atoms with van der Waals surface area (Å²) in [4.78, 5) is 11.1. The smallest absolute Gasteiger partial charge is 0.327 e. The lowest BCUT2D eigenvalue weighted by Gasteiger charge is -2.13. The van der Waals surface area contributed by atoms with Crippen molar-refractivity contribution in [2.75, 3.05) is 12.4 Å². The van der Waals surface area contributed by atoms with Crippen LogP contribution in [0.1, 0.15) is 6.92 Å². The van der Waals surface area contributed by atoms with Gasteiger partial charge in [0.25, 0.3) is 0 Å². The third-order valence-corrected chi connectivity index (χ3v) is 2.74. The second kappa shape index (κ2) is 5.19. The first-order valence-electron chi connectivity index (χ1n) is 4.24. The molecule has 0 aromatic heterocycles. The second-order valence-corrected chi connectivity index (χ2v) is 4.03. The van der Waals surface area contributed by atoms with Crippen LogP contribution >= 0.6 is 22.6 Å². The van der Waals surface area contributed by atoms with E-state index in [-0.39, 0.29) is 12.0 Å². The Kier molecular flexibility index (Phi) is 4.19. The Hall–Kier alpha value is -0.780. The van der Waals surface area contributed by atoms with Crippen molar-refractivity contribution in [1.29, 1.82) is 0 Å². The van der Waals surface area contributed by atoms with Gasteiger partial charge in [-0.15, -0.1) is 0 Å². The molecule has 14 heavy (non-hydrogen) atoms. The van der Waals surface area contributed by atoms with E-state index in [0.717, 1.165) is 9.26 Å². The van der Waals surface area contributed by atoms with Crippen LogP contribution in [0.4, 0.5) is 5.69 Å². The zero-order valence-electron chi connectivity index (χ0n) is 8.08. The molecule has 0 radical (unpaired) electrons. The summed E-state index contributed by atoms with van der Waals surface area (Å²) < 4.78 is 5.70. The minimum Gasteiger partial charge on any atom is -0.467 e. The first kappa shape index (κ1) is 11.3. The molecule has 0 spiro atoms. The Morgan fingerprint density at radius 1 is 1.50 bits per heavy atom. The maximum atomic E-state index is 11.1. The van der Waals surface area contributed by atoms with Gasteiger partial charge < -0.3 is 10.1 Å². The number of hydrogen-bond acceptors (Lipinski definition) is 3. The van der Waals surface area contributed by atoms with E-state index in [9.17, 15) is 4.79 Å². The van der Waals surface area contributed by atoms with Gasteiger partial charge >= 0.3 is 5.97 Å². The van der Waals surface area contributed by atoms with Crippen molar-refractivity contribution in [2.45, 2.75) is 13.0 Å². The Morgan fingerprint density at radius 2 is 2.14 bits per heavy atom. The maximum Gasteiger partial charge on any atom is 0.327 e. The number of hydrogen-bond donors (Lipinski definition) is 1. The van der Waals surface area contributed by atoms with Gasteiger partial charge in [-0.05, 0) is 41.6 Å². The Balaban J connectivity index is 2.69. The lowest BCUT2D eigenvalue weighted by molar-refractivity contribution is -0.141. The van der Waals surface area contributed by atoms with Crippen LogP contribution in [0.5, 0.6) is 0 Å². The quantitative estimate of drug-likeness (QED) is 0.688. The zero-order chi connectivity index (χ0) is 10.6. The number of para-hydroxylation sites is 1. The summed E-state index contributed by atoms with van der Waals surface area (Å²) in [6.07, 6.45) is 0. The largest absolute Gasteiger partial charge is 0.467 e. The van der Waals surface area contributed by atoms with Gasteiger partial charge in [0.05, 0.1) is 7.11 Å². The molecule has 76 valence electrons. The van der Waals surface area contributed by atoms with E-state index in [1.807, 2.05) is 24.3 Å². The lowest BCUT2D eigenvalue weighted by Crippen LogP contribution is -2.27. The number of esters is 1. The minimum atomic E-state index is -0.323. The predicted octanol–water partition coefficient (Wildman–Crippen LogP) is 2.26. The van der Waals surface area contributed by atoms with Crippen molar-refractivity contribution < 1.29 is 9.53 Å². The fraction of sp³-hybridized carbons (Fsp3) is 0.300. The van der Waals surface area contributed by atoms with E-state index < -0.39 is 0 Å². The van der Waals surface area contributed by atoms with Gasteiger partial charge in [-0.2, -0.15) is 0 Å². The van der Waals surface area contributed by atoms with Crippen molar-refractivity contribution in [3.05, 3.63) is 27.8 Å². The van der Waals surface area contributed by atoms with Crippen molar-refractivity contribution in [1.82, 2.24) is 0 Å². The Labute approximate surface area is 97.0 Å². The number of carbonyl (C=O) groups excluding carboxylic acids is 1. The van der Waals surface area contributed by atoms with Crippen LogP contribution in [0.25, 0.3) is 0 Å². The lowest BCUT2D eigenvalue weighted by atomic mass is 10.2. The van der Waals surface area contributed by atoms with E-state index >= 15 is 0 Å². The molecule has 1 N–H and O–H groups in total. The molecule has 1 unspecified atom stereocenters. The number of anilines is 1. The highest BCUT2D eigenvalue weighted by Gasteiger charge is 2.12. The van der Waals surface area contributed by atoms with Gasteiger partial charge in [-0.1, -0.05) is 12.1 Å². The van der Waals surface area contributed by atoms with E-state index in [4.69, 9.17) is 0 Å². The van der Waals surface area contributed by atoms with Crippen molar-refractivity contribution in [2.24, 2.45) is 0 Å². The molecule has 1 rings (SSSR count). The summed E-state index contributed by atoms with van der Waals surface area (Å²) in [6.45, 7) is 1.77. The highest BCUT2D eigenvalue weighted by molar-refractivity contribution is 14.1. The first-order valence-corrected chi connectivity index (χ1v) is 5.32. The Bertz CT molecular complexity index is 328. The topological polar surface area (TPSA) is 38.3 Å². The highest BCUT2D eigenvalue weighted by atomic mass is 127. The first-order chi connectivity index (χ1) is 6.65. The number of ether oxygens (including phenoxy) is 1. The molecule has 0 amide bonds. The number of methoxy groups -OCH3 is 1. The van der Waals surface area contributed by atoms with Crippen LogP contribution in [-0.2, 0) is 9.53 Å². The van der Waals surface area contributed by atoms with Crippen LogP contribution in [-0.4, -0.2) is 19.1 Å². The molecule has 4 heteroatoms. The van der Waals surface area contributed by atoms with Gasteiger partial charge in [0.2, 0.25) is 0 Å².